The first-order valence-electron chi connectivity index (χ1n) is 10.6. The molecule has 0 saturated carbocycles. The van der Waals surface area contributed by atoms with E-state index in [1.54, 1.807) is 19.1 Å². The summed E-state index contributed by atoms with van der Waals surface area (Å²) < 4.78 is 20.6. The minimum atomic E-state index is -0.554. The minimum Gasteiger partial charge on any atom is -0.372 e. The van der Waals surface area contributed by atoms with Crippen LogP contribution in [0.25, 0.3) is 0 Å². The number of H-pyrrole nitrogens is 1. The predicted molar refractivity (Wildman–Crippen MR) is 120 cm³/mol. The first kappa shape index (κ1) is 21.8. The number of hydrogen-bond acceptors (Lipinski definition) is 5. The number of urea groups is 1. The number of aromatic nitrogens is 3. The molecule has 0 aliphatic carbocycles. The molecule has 1 saturated heterocycles. The van der Waals surface area contributed by atoms with Gasteiger partial charge >= 0.3 is 6.03 Å². The molecule has 9 heteroatoms. The molecule has 1 fully saturated rings. The smallest absolute Gasteiger partial charge is 0.320 e. The highest BCUT2D eigenvalue weighted by atomic mass is 19.1. The Morgan fingerprint density at radius 1 is 1.19 bits per heavy atom. The van der Waals surface area contributed by atoms with Crippen LogP contribution >= 0.6 is 0 Å². The maximum atomic E-state index is 14.9. The predicted octanol–water partition coefficient (Wildman–Crippen LogP) is 3.78. The van der Waals surface area contributed by atoms with Gasteiger partial charge in [0.1, 0.15) is 17.7 Å². The molecule has 3 N–H and O–H groups in total. The lowest BCUT2D eigenvalue weighted by Crippen LogP contribution is -2.45. The van der Waals surface area contributed by atoms with Crippen molar-refractivity contribution in [3.8, 4) is 0 Å². The molecule has 2 amide bonds. The number of anilines is 2. The van der Waals surface area contributed by atoms with Crippen molar-refractivity contribution in [3.05, 3.63) is 71.6 Å². The number of hydrogen-bond donors (Lipinski definition) is 3. The fourth-order valence-corrected chi connectivity index (χ4v) is 3.95. The molecule has 4 rings (SSSR count). The second-order valence-electron chi connectivity index (χ2n) is 8.05. The zero-order chi connectivity index (χ0) is 22.7. The minimum absolute atomic E-state index is 0.0240. The number of nitrogens with one attached hydrogen (secondary N) is 3. The zero-order valence-electron chi connectivity index (χ0n) is 18.3. The average molecular weight is 439 g/mol. The highest BCUT2D eigenvalue weighted by Gasteiger charge is 2.25. The lowest BCUT2D eigenvalue weighted by molar-refractivity contribution is -0.00539. The molecule has 8 nitrogen and oxygen atoms in total. The highest BCUT2D eigenvalue weighted by molar-refractivity contribution is 5.90. The number of rotatable bonds is 5. The number of ether oxygens (including phenoxy) is 1. The number of benzene rings is 2. The van der Waals surface area contributed by atoms with E-state index < -0.39 is 17.9 Å². The number of aromatic amines is 1. The summed E-state index contributed by atoms with van der Waals surface area (Å²) in [7, 11) is 0. The molecule has 2 aromatic carbocycles. The van der Waals surface area contributed by atoms with Crippen LogP contribution in [0.2, 0.25) is 0 Å². The van der Waals surface area contributed by atoms with Crippen LogP contribution in [0.5, 0.6) is 0 Å². The molecule has 0 bridgehead atoms. The van der Waals surface area contributed by atoms with Gasteiger partial charge in [-0.1, -0.05) is 30.3 Å². The van der Waals surface area contributed by atoms with Gasteiger partial charge in [0.05, 0.1) is 17.9 Å². The van der Waals surface area contributed by atoms with Gasteiger partial charge in [0.15, 0.2) is 5.82 Å². The summed E-state index contributed by atoms with van der Waals surface area (Å²) in [4.78, 5) is 19.0. The van der Waals surface area contributed by atoms with Gasteiger partial charge in [0.2, 0.25) is 0 Å². The fraction of sp³-hybridized carbons (Fsp3) is 0.348. The van der Waals surface area contributed by atoms with Crippen molar-refractivity contribution >= 4 is 17.4 Å². The molecule has 0 radical (unpaired) electrons. The summed E-state index contributed by atoms with van der Waals surface area (Å²) in [6.07, 6.45) is 0.0480. The van der Waals surface area contributed by atoms with Crippen LogP contribution < -0.4 is 15.5 Å². The lowest BCUT2D eigenvalue weighted by atomic mass is 10.1. The van der Waals surface area contributed by atoms with E-state index in [0.29, 0.717) is 36.1 Å². The van der Waals surface area contributed by atoms with Crippen LogP contribution in [0.1, 0.15) is 37.1 Å². The molecule has 32 heavy (non-hydrogen) atoms. The van der Waals surface area contributed by atoms with Gasteiger partial charge in [-0.05, 0) is 44.5 Å². The molecular formula is C23H27FN6O2. The second-order valence-corrected chi connectivity index (χ2v) is 8.05. The van der Waals surface area contributed by atoms with Crippen LogP contribution in [0.15, 0.2) is 48.5 Å². The Morgan fingerprint density at radius 2 is 1.91 bits per heavy atom. The summed E-state index contributed by atoms with van der Waals surface area (Å²) in [6.45, 7) is 6.96. The molecule has 0 spiro atoms. The molecule has 168 valence electrons. The van der Waals surface area contributed by atoms with E-state index in [0.717, 1.165) is 5.56 Å². The van der Waals surface area contributed by atoms with Crippen LogP contribution in [-0.4, -0.2) is 46.5 Å². The van der Waals surface area contributed by atoms with E-state index in [1.807, 2.05) is 49.1 Å². The molecule has 1 aromatic heterocycles. The number of carbonyl (C=O) groups is 1. The number of carbonyl (C=O) groups excluding carboxylic acids is 1. The number of morpholine rings is 1. The number of aryl methyl sites for hydroxylation is 1. The van der Waals surface area contributed by atoms with E-state index in [9.17, 15) is 9.18 Å². The SMILES string of the molecule is Cc1nc(C(NC(=O)Nc2ccc(N3CC(C)OC(C)C3)c(F)c2)c2ccccc2)n[nH]1. The highest BCUT2D eigenvalue weighted by Crippen LogP contribution is 2.26. The first-order valence-corrected chi connectivity index (χ1v) is 10.6. The largest absolute Gasteiger partial charge is 0.372 e. The lowest BCUT2D eigenvalue weighted by Gasteiger charge is -2.37. The molecule has 2 heterocycles. The van der Waals surface area contributed by atoms with Gasteiger partial charge < -0.3 is 20.3 Å². The molecule has 3 unspecified atom stereocenters. The Balaban J connectivity index is 1.47. The van der Waals surface area contributed by atoms with Crippen molar-refractivity contribution in [3.63, 3.8) is 0 Å². The van der Waals surface area contributed by atoms with Crippen LogP contribution in [-0.2, 0) is 4.74 Å². The Hall–Kier alpha value is -3.46. The standard InChI is InChI=1S/C23H27FN6O2/c1-14-12-30(13-15(2)32-14)20-10-9-18(11-19(20)24)26-23(31)27-21(17-7-5-4-6-8-17)22-25-16(3)28-29-22/h4-11,14-15,21H,12-13H2,1-3H3,(H,25,28,29)(H2,26,27,31). The summed E-state index contributed by atoms with van der Waals surface area (Å²) in [5, 5.41) is 12.6. The third-order valence-electron chi connectivity index (χ3n) is 5.25. The van der Waals surface area contributed by atoms with Crippen molar-refractivity contribution in [2.45, 2.75) is 39.0 Å². The third-order valence-corrected chi connectivity index (χ3v) is 5.25. The van der Waals surface area contributed by atoms with Gasteiger partial charge in [0, 0.05) is 18.8 Å². The molecule has 1 aliphatic rings. The van der Waals surface area contributed by atoms with E-state index >= 15 is 0 Å². The van der Waals surface area contributed by atoms with E-state index in [-0.39, 0.29) is 12.2 Å². The van der Waals surface area contributed by atoms with Gasteiger partial charge in [-0.25, -0.2) is 14.2 Å². The molecule has 3 aromatic rings. The Morgan fingerprint density at radius 3 is 2.53 bits per heavy atom. The monoisotopic (exact) mass is 438 g/mol. The summed E-state index contributed by atoms with van der Waals surface area (Å²) in [5.41, 5.74) is 1.69. The molecule has 1 aliphatic heterocycles. The van der Waals surface area contributed by atoms with Crippen LogP contribution in [0.4, 0.5) is 20.6 Å². The van der Waals surface area contributed by atoms with Crippen LogP contribution in [0, 0.1) is 12.7 Å². The van der Waals surface area contributed by atoms with Crippen LogP contribution in [0.3, 0.4) is 0 Å². The number of nitrogens with zero attached hydrogens (tertiary/aromatic N) is 3. The van der Waals surface area contributed by atoms with E-state index in [2.05, 4.69) is 25.8 Å². The van der Waals surface area contributed by atoms with Crippen molar-refractivity contribution in [2.75, 3.05) is 23.3 Å². The summed E-state index contributed by atoms with van der Waals surface area (Å²) in [5.74, 6) is 0.696. The molecular weight excluding hydrogens is 411 g/mol. The average Bonchev–Trinajstić information content (AvgIpc) is 3.18. The maximum Gasteiger partial charge on any atom is 0.320 e. The van der Waals surface area contributed by atoms with Crippen molar-refractivity contribution in [1.82, 2.24) is 20.5 Å². The first-order chi connectivity index (χ1) is 15.4. The number of halogens is 1. The fourth-order valence-electron chi connectivity index (χ4n) is 3.95. The van der Waals surface area contributed by atoms with Gasteiger partial charge in [-0.3, -0.25) is 5.10 Å². The van der Waals surface area contributed by atoms with Gasteiger partial charge in [0.25, 0.3) is 0 Å². The molecule has 3 atom stereocenters. The maximum absolute atomic E-state index is 14.9. The van der Waals surface area contributed by atoms with Gasteiger partial charge in [-0.15, -0.1) is 0 Å². The van der Waals surface area contributed by atoms with Crippen molar-refractivity contribution in [2.24, 2.45) is 0 Å². The third kappa shape index (κ3) is 5.05. The second kappa shape index (κ2) is 9.35. The van der Waals surface area contributed by atoms with E-state index in [1.165, 1.54) is 6.07 Å². The van der Waals surface area contributed by atoms with Crippen molar-refractivity contribution in [1.29, 1.82) is 0 Å². The topological polar surface area (TPSA) is 95.2 Å². The van der Waals surface area contributed by atoms with E-state index in [4.69, 9.17) is 4.74 Å². The number of amides is 2. The Labute approximate surface area is 186 Å². The van der Waals surface area contributed by atoms with Gasteiger partial charge in [-0.2, -0.15) is 5.10 Å². The summed E-state index contributed by atoms with van der Waals surface area (Å²) in [6, 6.07) is 13.1. The quantitative estimate of drug-likeness (QED) is 0.564. The normalized spacial score (nSPS) is 19.4. The zero-order valence-corrected chi connectivity index (χ0v) is 18.3. The summed E-state index contributed by atoms with van der Waals surface area (Å²) >= 11 is 0. The Kier molecular flexibility index (Phi) is 6.36. The Bertz CT molecular complexity index is 1060. The van der Waals surface area contributed by atoms with Crippen molar-refractivity contribution < 1.29 is 13.9 Å².